The molecule has 0 saturated heterocycles. The quantitative estimate of drug-likeness (QED) is 0.619. The molecular formula is C9H8O2. The third-order valence-electron chi connectivity index (χ3n) is 1.68. The van der Waals surface area contributed by atoms with Crippen LogP contribution in [-0.2, 0) is 0 Å². The largest absolute Gasteiger partial charge is 0.497 e. The highest BCUT2D eigenvalue weighted by Crippen LogP contribution is 2.20. The molecule has 0 amide bonds. The van der Waals surface area contributed by atoms with Gasteiger partial charge in [-0.05, 0) is 18.2 Å². The van der Waals surface area contributed by atoms with Crippen molar-refractivity contribution in [2.75, 3.05) is 7.11 Å². The lowest BCUT2D eigenvalue weighted by Crippen LogP contribution is -1.79. The van der Waals surface area contributed by atoms with Crippen LogP contribution in [0, 0.1) is 0 Å². The minimum Gasteiger partial charge on any atom is -0.497 e. The molecule has 0 N–H and O–H groups in total. The fourth-order valence-corrected chi connectivity index (χ4v) is 1.07. The number of furan rings is 1. The molecule has 0 spiro atoms. The molecule has 0 bridgehead atoms. The van der Waals surface area contributed by atoms with Gasteiger partial charge in [-0.25, -0.2) is 0 Å². The van der Waals surface area contributed by atoms with Gasteiger partial charge in [-0.1, -0.05) is 0 Å². The molecule has 1 heterocycles. The SMILES string of the molecule is COc1ccc2cocc2c1. The summed E-state index contributed by atoms with van der Waals surface area (Å²) >= 11 is 0. The summed E-state index contributed by atoms with van der Waals surface area (Å²) in [4.78, 5) is 0. The summed E-state index contributed by atoms with van der Waals surface area (Å²) in [6.45, 7) is 0. The maximum absolute atomic E-state index is 5.05. The predicted molar refractivity (Wildman–Crippen MR) is 42.8 cm³/mol. The Labute approximate surface area is 64.4 Å². The predicted octanol–water partition coefficient (Wildman–Crippen LogP) is 2.44. The number of hydrogen-bond acceptors (Lipinski definition) is 2. The third kappa shape index (κ3) is 0.963. The van der Waals surface area contributed by atoms with E-state index in [4.69, 9.17) is 9.15 Å². The van der Waals surface area contributed by atoms with Crippen LogP contribution in [0.3, 0.4) is 0 Å². The molecule has 1 aromatic heterocycles. The zero-order valence-electron chi connectivity index (χ0n) is 6.20. The number of fused-ring (bicyclic) bond motifs is 1. The first kappa shape index (κ1) is 6.28. The molecule has 0 aliphatic rings. The van der Waals surface area contributed by atoms with Crippen molar-refractivity contribution in [1.29, 1.82) is 0 Å². The van der Waals surface area contributed by atoms with E-state index in [0.29, 0.717) is 0 Å². The van der Waals surface area contributed by atoms with Crippen LogP contribution in [0.2, 0.25) is 0 Å². The van der Waals surface area contributed by atoms with Gasteiger partial charge in [0, 0.05) is 10.8 Å². The first-order chi connectivity index (χ1) is 5.40. The summed E-state index contributed by atoms with van der Waals surface area (Å²) in [5.41, 5.74) is 0. The van der Waals surface area contributed by atoms with E-state index in [0.717, 1.165) is 16.5 Å². The summed E-state index contributed by atoms with van der Waals surface area (Å²) in [5, 5.41) is 2.18. The van der Waals surface area contributed by atoms with Crippen molar-refractivity contribution in [3.05, 3.63) is 30.7 Å². The van der Waals surface area contributed by atoms with Gasteiger partial charge in [0.1, 0.15) is 5.75 Å². The van der Waals surface area contributed by atoms with Crippen molar-refractivity contribution < 1.29 is 9.15 Å². The van der Waals surface area contributed by atoms with Gasteiger partial charge in [0.05, 0.1) is 19.6 Å². The Morgan fingerprint density at radius 3 is 2.82 bits per heavy atom. The number of methoxy groups -OCH3 is 1. The molecular weight excluding hydrogens is 140 g/mol. The maximum Gasteiger partial charge on any atom is 0.119 e. The smallest absolute Gasteiger partial charge is 0.119 e. The highest BCUT2D eigenvalue weighted by molar-refractivity contribution is 5.82. The van der Waals surface area contributed by atoms with E-state index in [-0.39, 0.29) is 0 Å². The van der Waals surface area contributed by atoms with E-state index in [1.165, 1.54) is 0 Å². The molecule has 0 aliphatic carbocycles. The van der Waals surface area contributed by atoms with Gasteiger partial charge in [0.25, 0.3) is 0 Å². The zero-order chi connectivity index (χ0) is 7.68. The van der Waals surface area contributed by atoms with Crippen LogP contribution in [0.15, 0.2) is 35.1 Å². The van der Waals surface area contributed by atoms with Crippen molar-refractivity contribution in [3.63, 3.8) is 0 Å². The van der Waals surface area contributed by atoms with Crippen molar-refractivity contribution in [2.24, 2.45) is 0 Å². The van der Waals surface area contributed by atoms with E-state index in [1.807, 2.05) is 18.2 Å². The molecule has 56 valence electrons. The van der Waals surface area contributed by atoms with Crippen molar-refractivity contribution in [1.82, 2.24) is 0 Å². The maximum atomic E-state index is 5.05. The van der Waals surface area contributed by atoms with E-state index in [2.05, 4.69) is 0 Å². The third-order valence-corrected chi connectivity index (χ3v) is 1.68. The van der Waals surface area contributed by atoms with Crippen molar-refractivity contribution >= 4 is 10.8 Å². The Morgan fingerprint density at radius 1 is 1.18 bits per heavy atom. The topological polar surface area (TPSA) is 22.4 Å². The van der Waals surface area contributed by atoms with Crippen LogP contribution in [-0.4, -0.2) is 7.11 Å². The van der Waals surface area contributed by atoms with Crippen LogP contribution in [0.4, 0.5) is 0 Å². The summed E-state index contributed by atoms with van der Waals surface area (Å²) in [6.07, 6.45) is 3.42. The molecule has 2 aromatic rings. The van der Waals surface area contributed by atoms with Gasteiger partial charge < -0.3 is 9.15 Å². The first-order valence-electron chi connectivity index (χ1n) is 3.40. The Kier molecular flexibility index (Phi) is 1.32. The Hall–Kier alpha value is -1.44. The molecule has 0 fully saturated rings. The van der Waals surface area contributed by atoms with Gasteiger partial charge in [0.2, 0.25) is 0 Å². The molecule has 2 heteroatoms. The fraction of sp³-hybridized carbons (Fsp3) is 0.111. The Balaban J connectivity index is 2.67. The minimum atomic E-state index is 0.860. The highest BCUT2D eigenvalue weighted by Gasteiger charge is 1.96. The number of hydrogen-bond donors (Lipinski definition) is 0. The van der Waals surface area contributed by atoms with Crippen molar-refractivity contribution in [3.8, 4) is 5.75 Å². The van der Waals surface area contributed by atoms with Gasteiger partial charge in [-0.3, -0.25) is 0 Å². The number of benzene rings is 1. The molecule has 0 unspecified atom stereocenters. The van der Waals surface area contributed by atoms with Gasteiger partial charge >= 0.3 is 0 Å². The lowest BCUT2D eigenvalue weighted by atomic mass is 10.2. The Morgan fingerprint density at radius 2 is 2.00 bits per heavy atom. The van der Waals surface area contributed by atoms with Crippen LogP contribution >= 0.6 is 0 Å². The van der Waals surface area contributed by atoms with Gasteiger partial charge in [-0.2, -0.15) is 0 Å². The summed E-state index contributed by atoms with van der Waals surface area (Å²) in [7, 11) is 1.65. The Bertz CT molecular complexity index is 362. The second-order valence-corrected chi connectivity index (χ2v) is 2.37. The molecule has 0 atom stereocenters. The molecule has 0 saturated carbocycles. The second-order valence-electron chi connectivity index (χ2n) is 2.37. The van der Waals surface area contributed by atoms with E-state index in [9.17, 15) is 0 Å². The van der Waals surface area contributed by atoms with Gasteiger partial charge in [0.15, 0.2) is 0 Å². The monoisotopic (exact) mass is 148 g/mol. The molecule has 1 aromatic carbocycles. The fourth-order valence-electron chi connectivity index (χ4n) is 1.07. The zero-order valence-corrected chi connectivity index (χ0v) is 6.20. The summed E-state index contributed by atoms with van der Waals surface area (Å²) in [6, 6.07) is 5.83. The number of rotatable bonds is 1. The summed E-state index contributed by atoms with van der Waals surface area (Å²) < 4.78 is 10.1. The molecule has 2 nitrogen and oxygen atoms in total. The minimum absolute atomic E-state index is 0.860. The van der Waals surface area contributed by atoms with Gasteiger partial charge in [-0.15, -0.1) is 0 Å². The molecule has 0 radical (unpaired) electrons. The number of ether oxygens (including phenoxy) is 1. The lowest BCUT2D eigenvalue weighted by molar-refractivity contribution is 0.415. The van der Waals surface area contributed by atoms with Crippen LogP contribution in [0.25, 0.3) is 10.8 Å². The van der Waals surface area contributed by atoms with E-state index >= 15 is 0 Å². The van der Waals surface area contributed by atoms with E-state index < -0.39 is 0 Å². The first-order valence-corrected chi connectivity index (χ1v) is 3.40. The van der Waals surface area contributed by atoms with Crippen molar-refractivity contribution in [2.45, 2.75) is 0 Å². The highest BCUT2D eigenvalue weighted by atomic mass is 16.5. The van der Waals surface area contributed by atoms with E-state index in [1.54, 1.807) is 19.6 Å². The average Bonchev–Trinajstić information content (AvgIpc) is 2.50. The molecule has 11 heavy (non-hydrogen) atoms. The summed E-state index contributed by atoms with van der Waals surface area (Å²) in [5.74, 6) is 0.860. The standard InChI is InChI=1S/C9H8O2/c1-10-9-3-2-7-5-11-6-8(7)4-9/h2-6H,1H3. The molecule has 0 aliphatic heterocycles. The van der Waals surface area contributed by atoms with Crippen LogP contribution < -0.4 is 4.74 Å². The molecule has 2 rings (SSSR count). The van der Waals surface area contributed by atoms with Crippen LogP contribution in [0.1, 0.15) is 0 Å². The van der Waals surface area contributed by atoms with Crippen LogP contribution in [0.5, 0.6) is 5.75 Å². The normalized spacial score (nSPS) is 10.3. The average molecular weight is 148 g/mol. The second kappa shape index (κ2) is 2.31. The lowest BCUT2D eigenvalue weighted by Gasteiger charge is -1.96.